The van der Waals surface area contributed by atoms with E-state index in [0.29, 0.717) is 5.56 Å². The Kier molecular flexibility index (Phi) is 3.80. The molecule has 116 valence electrons. The second kappa shape index (κ2) is 5.92. The van der Waals surface area contributed by atoms with Gasteiger partial charge >= 0.3 is 5.97 Å². The van der Waals surface area contributed by atoms with Gasteiger partial charge in [0.25, 0.3) is 5.56 Å². The Balaban J connectivity index is 1.82. The van der Waals surface area contributed by atoms with Crippen molar-refractivity contribution in [1.29, 1.82) is 0 Å². The summed E-state index contributed by atoms with van der Waals surface area (Å²) in [5.74, 6) is -1.16. The number of H-pyrrole nitrogens is 2. The first kappa shape index (κ1) is 14.8. The largest absolute Gasteiger partial charge is 0.451 e. The molecule has 2 heterocycles. The van der Waals surface area contributed by atoms with Gasteiger partial charge in [0, 0.05) is 28.9 Å². The summed E-state index contributed by atoms with van der Waals surface area (Å²) in [5, 5.41) is 0.762. The molecule has 0 radical (unpaired) electrons. The number of esters is 1. The van der Waals surface area contributed by atoms with Crippen LogP contribution in [0.4, 0.5) is 0 Å². The number of nitrogens with one attached hydrogen (secondary N) is 2. The normalized spacial score (nSPS) is 12.0. The maximum absolute atomic E-state index is 12.5. The van der Waals surface area contributed by atoms with Gasteiger partial charge in [0.05, 0.1) is 0 Å². The zero-order valence-electron chi connectivity index (χ0n) is 12.3. The van der Waals surface area contributed by atoms with Gasteiger partial charge in [-0.2, -0.15) is 0 Å². The Bertz CT molecular complexity index is 939. The van der Waals surface area contributed by atoms with E-state index in [0.717, 1.165) is 10.9 Å². The number of hydrogen-bond donors (Lipinski definition) is 2. The third-order valence-electron chi connectivity index (χ3n) is 3.55. The van der Waals surface area contributed by atoms with Gasteiger partial charge in [-0.05, 0) is 25.1 Å². The van der Waals surface area contributed by atoms with E-state index in [-0.39, 0.29) is 11.3 Å². The van der Waals surface area contributed by atoms with Crippen LogP contribution in [0.2, 0.25) is 0 Å². The van der Waals surface area contributed by atoms with E-state index in [9.17, 15) is 14.4 Å². The van der Waals surface area contributed by atoms with Crippen LogP contribution in [-0.2, 0) is 4.74 Å². The Labute approximate surface area is 131 Å². The van der Waals surface area contributed by atoms with Crippen molar-refractivity contribution < 1.29 is 14.3 Å². The average Bonchev–Trinajstić information content (AvgIpc) is 2.98. The van der Waals surface area contributed by atoms with E-state index in [2.05, 4.69) is 9.97 Å². The molecule has 0 unspecified atom stereocenters. The third-order valence-corrected chi connectivity index (χ3v) is 3.55. The minimum absolute atomic E-state index is 0.133. The number of aromatic nitrogens is 2. The van der Waals surface area contributed by atoms with Crippen molar-refractivity contribution in [2.75, 3.05) is 0 Å². The number of rotatable bonds is 4. The highest BCUT2D eigenvalue weighted by Crippen LogP contribution is 2.20. The summed E-state index contributed by atoms with van der Waals surface area (Å²) in [7, 11) is 0. The fraction of sp³-hybridized carbons (Fsp3) is 0.118. The summed E-state index contributed by atoms with van der Waals surface area (Å²) in [6.07, 6.45) is 2.01. The van der Waals surface area contributed by atoms with Crippen LogP contribution < -0.4 is 5.56 Å². The maximum atomic E-state index is 12.5. The van der Waals surface area contributed by atoms with E-state index in [4.69, 9.17) is 4.74 Å². The molecule has 2 aromatic heterocycles. The minimum atomic E-state index is -0.999. The van der Waals surface area contributed by atoms with Crippen LogP contribution >= 0.6 is 0 Å². The lowest BCUT2D eigenvalue weighted by molar-refractivity contribution is 0.0317. The van der Waals surface area contributed by atoms with Gasteiger partial charge in [-0.15, -0.1) is 0 Å². The summed E-state index contributed by atoms with van der Waals surface area (Å²) < 4.78 is 5.13. The number of para-hydroxylation sites is 1. The van der Waals surface area contributed by atoms with E-state index >= 15 is 0 Å². The Morgan fingerprint density at radius 3 is 2.61 bits per heavy atom. The van der Waals surface area contributed by atoms with E-state index < -0.39 is 17.6 Å². The number of ether oxygens (including phenoxy) is 1. The number of hydrogen-bond acceptors (Lipinski definition) is 4. The molecule has 0 aliphatic rings. The van der Waals surface area contributed by atoms with Crippen LogP contribution in [0, 0.1) is 0 Å². The molecular formula is C17H14N2O4. The second-order valence-electron chi connectivity index (χ2n) is 5.07. The molecule has 3 aromatic rings. The number of ketones is 1. The van der Waals surface area contributed by atoms with Crippen molar-refractivity contribution in [2.45, 2.75) is 13.0 Å². The molecule has 0 aliphatic carbocycles. The third kappa shape index (κ3) is 2.78. The topological polar surface area (TPSA) is 92.0 Å². The van der Waals surface area contributed by atoms with Gasteiger partial charge in [-0.25, -0.2) is 4.79 Å². The molecule has 0 spiro atoms. The molecular weight excluding hydrogens is 296 g/mol. The van der Waals surface area contributed by atoms with Gasteiger partial charge in [-0.3, -0.25) is 9.59 Å². The first-order valence-electron chi connectivity index (χ1n) is 7.07. The highest BCUT2D eigenvalue weighted by molar-refractivity contribution is 6.10. The molecule has 1 atom stereocenters. The smallest absolute Gasteiger partial charge is 0.344 e. The first-order chi connectivity index (χ1) is 11.1. The number of aromatic amines is 2. The number of carbonyl (C=O) groups is 2. The van der Waals surface area contributed by atoms with Crippen molar-refractivity contribution >= 4 is 22.7 Å². The predicted octanol–water partition coefficient (Wildman–Crippen LogP) is 2.28. The van der Waals surface area contributed by atoms with Gasteiger partial charge < -0.3 is 14.7 Å². The van der Waals surface area contributed by atoms with Crippen molar-refractivity contribution in [3.05, 3.63) is 70.3 Å². The molecule has 23 heavy (non-hydrogen) atoms. The number of fused-ring (bicyclic) bond motifs is 1. The number of pyridine rings is 1. The predicted molar refractivity (Wildman–Crippen MR) is 84.6 cm³/mol. The van der Waals surface area contributed by atoms with Crippen LogP contribution in [0.15, 0.2) is 53.6 Å². The van der Waals surface area contributed by atoms with Crippen LogP contribution in [0.25, 0.3) is 10.9 Å². The quantitative estimate of drug-likeness (QED) is 0.571. The van der Waals surface area contributed by atoms with Crippen LogP contribution in [-0.4, -0.2) is 27.8 Å². The Hall–Kier alpha value is -3.15. The van der Waals surface area contributed by atoms with Crippen molar-refractivity contribution in [1.82, 2.24) is 9.97 Å². The number of carbonyl (C=O) groups excluding carboxylic acids is 2. The summed E-state index contributed by atoms with van der Waals surface area (Å²) in [6, 6.07) is 10.2. The van der Waals surface area contributed by atoms with Gasteiger partial charge in [0.15, 0.2) is 6.10 Å². The second-order valence-corrected chi connectivity index (χ2v) is 5.07. The highest BCUT2D eigenvalue weighted by Gasteiger charge is 2.23. The lowest BCUT2D eigenvalue weighted by atomic mass is 10.1. The van der Waals surface area contributed by atoms with Gasteiger partial charge in [0.2, 0.25) is 5.78 Å². The molecule has 0 saturated carbocycles. The Morgan fingerprint density at radius 1 is 1.04 bits per heavy atom. The molecule has 0 bridgehead atoms. The monoisotopic (exact) mass is 310 g/mol. The van der Waals surface area contributed by atoms with Crippen LogP contribution in [0.3, 0.4) is 0 Å². The molecule has 0 aliphatic heterocycles. The summed E-state index contributed by atoms with van der Waals surface area (Å²) in [4.78, 5) is 41.5. The SMILES string of the molecule is C[C@@H](OC(=O)c1ccc[nH]c1=O)C(=O)c1c[nH]c2ccccc12. The molecule has 6 heteroatoms. The molecule has 6 nitrogen and oxygen atoms in total. The van der Waals surface area contributed by atoms with Crippen LogP contribution in [0.1, 0.15) is 27.6 Å². The van der Waals surface area contributed by atoms with E-state index in [1.807, 2.05) is 24.3 Å². The van der Waals surface area contributed by atoms with Crippen molar-refractivity contribution in [3.8, 4) is 0 Å². The lowest BCUT2D eigenvalue weighted by Gasteiger charge is -2.11. The van der Waals surface area contributed by atoms with Crippen LogP contribution in [0.5, 0.6) is 0 Å². The molecule has 2 N–H and O–H groups in total. The average molecular weight is 310 g/mol. The fourth-order valence-corrected chi connectivity index (χ4v) is 2.35. The Morgan fingerprint density at radius 2 is 1.83 bits per heavy atom. The zero-order valence-corrected chi connectivity index (χ0v) is 12.3. The number of Topliss-reactive ketones (excluding diaryl/α,β-unsaturated/α-hetero) is 1. The first-order valence-corrected chi connectivity index (χ1v) is 7.07. The fourth-order valence-electron chi connectivity index (χ4n) is 2.35. The highest BCUT2D eigenvalue weighted by atomic mass is 16.5. The standard InChI is InChI=1S/C17H14N2O4/c1-10(23-17(22)12-6-4-8-18-16(12)21)15(20)13-9-19-14-7-3-2-5-11(13)14/h2-10,19H,1H3,(H,18,21)/t10-/m1/s1. The maximum Gasteiger partial charge on any atom is 0.344 e. The molecule has 1 aromatic carbocycles. The summed E-state index contributed by atoms with van der Waals surface area (Å²) in [5.41, 5.74) is 0.590. The van der Waals surface area contributed by atoms with Crippen molar-refractivity contribution in [2.24, 2.45) is 0 Å². The molecule has 0 fully saturated rings. The summed E-state index contributed by atoms with van der Waals surface area (Å²) in [6.45, 7) is 1.49. The lowest BCUT2D eigenvalue weighted by Crippen LogP contribution is -2.27. The molecule has 3 rings (SSSR count). The van der Waals surface area contributed by atoms with Gasteiger partial charge in [-0.1, -0.05) is 18.2 Å². The van der Waals surface area contributed by atoms with Crippen molar-refractivity contribution in [3.63, 3.8) is 0 Å². The minimum Gasteiger partial charge on any atom is -0.451 e. The van der Waals surface area contributed by atoms with E-state index in [1.54, 1.807) is 6.20 Å². The summed E-state index contributed by atoms with van der Waals surface area (Å²) >= 11 is 0. The molecule has 0 amide bonds. The number of benzene rings is 1. The van der Waals surface area contributed by atoms with E-state index in [1.165, 1.54) is 25.3 Å². The zero-order chi connectivity index (χ0) is 16.4. The molecule has 0 saturated heterocycles. The van der Waals surface area contributed by atoms with Gasteiger partial charge in [0.1, 0.15) is 5.56 Å².